The van der Waals surface area contributed by atoms with Crippen molar-refractivity contribution in [1.29, 1.82) is 0 Å². The van der Waals surface area contributed by atoms with E-state index in [0.29, 0.717) is 6.54 Å². The molecule has 1 aromatic carbocycles. The van der Waals surface area contributed by atoms with Gasteiger partial charge in [-0.1, -0.05) is 29.8 Å². The predicted octanol–water partition coefficient (Wildman–Crippen LogP) is 3.50. The molecule has 1 atom stereocenters. The molecule has 0 spiro atoms. The van der Waals surface area contributed by atoms with Crippen LogP contribution in [0.2, 0.25) is 5.02 Å². The van der Waals surface area contributed by atoms with Crippen molar-refractivity contribution in [2.24, 2.45) is 5.73 Å². The molecule has 1 unspecified atom stereocenters. The first kappa shape index (κ1) is 12.6. The molecule has 1 heterocycles. The van der Waals surface area contributed by atoms with Crippen LogP contribution in [-0.2, 0) is 0 Å². The maximum absolute atomic E-state index is 6.22. The molecule has 0 saturated heterocycles. The Labute approximate surface area is 110 Å². The third-order valence-corrected chi connectivity index (χ3v) is 4.39. The Bertz CT molecular complexity index is 502. The fourth-order valence-corrected chi connectivity index (χ4v) is 3.09. The Morgan fingerprint density at radius 2 is 2.06 bits per heavy atom. The fourth-order valence-electron chi connectivity index (χ4n) is 1.77. The summed E-state index contributed by atoms with van der Waals surface area (Å²) < 4.78 is 0. The summed E-state index contributed by atoms with van der Waals surface area (Å²) in [6.07, 6.45) is 0. The van der Waals surface area contributed by atoms with E-state index in [-0.39, 0.29) is 5.92 Å². The lowest BCUT2D eigenvalue weighted by atomic mass is 10.00. The summed E-state index contributed by atoms with van der Waals surface area (Å²) in [5.74, 6) is 0.0982. The molecule has 0 amide bonds. The zero-order valence-corrected chi connectivity index (χ0v) is 11.5. The van der Waals surface area contributed by atoms with Crippen molar-refractivity contribution in [1.82, 2.24) is 4.98 Å². The average molecular weight is 267 g/mol. The Kier molecular flexibility index (Phi) is 3.82. The van der Waals surface area contributed by atoms with Crippen LogP contribution >= 0.6 is 22.9 Å². The number of rotatable bonds is 3. The van der Waals surface area contributed by atoms with Crippen molar-refractivity contribution in [2.75, 3.05) is 6.54 Å². The molecule has 0 aliphatic rings. The van der Waals surface area contributed by atoms with Crippen LogP contribution in [0.5, 0.6) is 0 Å². The Balaban J connectivity index is 2.44. The van der Waals surface area contributed by atoms with Crippen LogP contribution in [0.25, 0.3) is 0 Å². The second kappa shape index (κ2) is 5.17. The lowest BCUT2D eigenvalue weighted by Gasteiger charge is -2.13. The van der Waals surface area contributed by atoms with Gasteiger partial charge in [-0.3, -0.25) is 0 Å². The summed E-state index contributed by atoms with van der Waals surface area (Å²) in [5, 5.41) is 1.81. The number of hydrogen-bond donors (Lipinski definition) is 1. The molecule has 0 aliphatic carbocycles. The van der Waals surface area contributed by atoms with Gasteiger partial charge in [-0.05, 0) is 25.5 Å². The first-order valence-corrected chi connectivity index (χ1v) is 6.71. The smallest absolute Gasteiger partial charge is 0.102 e. The summed E-state index contributed by atoms with van der Waals surface area (Å²) in [4.78, 5) is 5.82. The van der Waals surface area contributed by atoms with E-state index in [1.807, 2.05) is 31.2 Å². The Morgan fingerprint density at radius 3 is 2.59 bits per heavy atom. The molecule has 2 rings (SSSR count). The van der Waals surface area contributed by atoms with Crippen LogP contribution in [-0.4, -0.2) is 11.5 Å². The van der Waals surface area contributed by atoms with Gasteiger partial charge in [0.15, 0.2) is 0 Å². The van der Waals surface area contributed by atoms with Gasteiger partial charge in [-0.15, -0.1) is 11.3 Å². The van der Waals surface area contributed by atoms with Gasteiger partial charge in [0.2, 0.25) is 0 Å². The van der Waals surface area contributed by atoms with Crippen molar-refractivity contribution >= 4 is 22.9 Å². The number of benzene rings is 1. The second-order valence-electron chi connectivity index (χ2n) is 4.00. The lowest BCUT2D eigenvalue weighted by molar-refractivity contribution is 0.806. The molecule has 2 nitrogen and oxygen atoms in total. The van der Waals surface area contributed by atoms with Crippen molar-refractivity contribution in [2.45, 2.75) is 19.8 Å². The highest BCUT2D eigenvalue weighted by atomic mass is 35.5. The normalized spacial score (nSPS) is 12.7. The van der Waals surface area contributed by atoms with Crippen LogP contribution in [0.15, 0.2) is 24.3 Å². The van der Waals surface area contributed by atoms with Gasteiger partial charge >= 0.3 is 0 Å². The average Bonchev–Trinajstić information content (AvgIpc) is 2.63. The van der Waals surface area contributed by atoms with Crippen LogP contribution in [0.3, 0.4) is 0 Å². The van der Waals surface area contributed by atoms with Gasteiger partial charge in [0.25, 0.3) is 0 Å². The maximum atomic E-state index is 6.22. The number of aromatic nitrogens is 1. The summed E-state index contributed by atoms with van der Waals surface area (Å²) in [5.41, 5.74) is 8.01. The van der Waals surface area contributed by atoms with Gasteiger partial charge in [-0.25, -0.2) is 4.98 Å². The first-order valence-electron chi connectivity index (χ1n) is 5.52. The Morgan fingerprint density at radius 1 is 1.35 bits per heavy atom. The van der Waals surface area contributed by atoms with E-state index in [0.717, 1.165) is 21.3 Å². The number of halogens is 1. The van der Waals surface area contributed by atoms with E-state index >= 15 is 0 Å². The summed E-state index contributed by atoms with van der Waals surface area (Å²) in [6, 6.07) is 7.83. The molecule has 0 fully saturated rings. The van der Waals surface area contributed by atoms with Gasteiger partial charge in [0, 0.05) is 22.4 Å². The second-order valence-corrected chi connectivity index (χ2v) is 5.65. The molecule has 2 aromatic rings. The first-order chi connectivity index (χ1) is 8.13. The molecule has 0 saturated carbocycles. The standard InChI is InChI=1S/C13H15ClN2S/c1-8-9(2)17-13(16-8)11(7-15)10-5-3-4-6-12(10)14/h3-6,11H,7,15H2,1-2H3. The minimum Gasteiger partial charge on any atom is -0.329 e. The lowest BCUT2D eigenvalue weighted by Crippen LogP contribution is -2.14. The highest BCUT2D eigenvalue weighted by molar-refractivity contribution is 7.11. The molecular formula is C13H15ClN2S. The molecular weight excluding hydrogens is 252 g/mol. The van der Waals surface area contributed by atoms with Gasteiger partial charge in [0.05, 0.1) is 5.69 Å². The largest absolute Gasteiger partial charge is 0.329 e. The molecule has 0 radical (unpaired) electrons. The van der Waals surface area contributed by atoms with E-state index in [1.165, 1.54) is 4.88 Å². The summed E-state index contributed by atoms with van der Waals surface area (Å²) in [6.45, 7) is 4.63. The number of aryl methyl sites for hydroxylation is 2. The third-order valence-electron chi connectivity index (χ3n) is 2.86. The number of hydrogen-bond acceptors (Lipinski definition) is 3. The van der Waals surface area contributed by atoms with Crippen molar-refractivity contribution in [3.05, 3.63) is 50.4 Å². The SMILES string of the molecule is Cc1nc(C(CN)c2ccccc2Cl)sc1C. The number of nitrogens with two attached hydrogens (primary N) is 1. The van der Waals surface area contributed by atoms with Crippen LogP contribution in [0.1, 0.15) is 27.1 Å². The fraction of sp³-hybridized carbons (Fsp3) is 0.308. The van der Waals surface area contributed by atoms with Gasteiger partial charge in [-0.2, -0.15) is 0 Å². The summed E-state index contributed by atoms with van der Waals surface area (Å²) >= 11 is 7.92. The molecule has 4 heteroatoms. The zero-order valence-electron chi connectivity index (χ0n) is 9.90. The minimum atomic E-state index is 0.0982. The van der Waals surface area contributed by atoms with E-state index in [1.54, 1.807) is 11.3 Å². The monoisotopic (exact) mass is 266 g/mol. The topological polar surface area (TPSA) is 38.9 Å². The molecule has 0 bridgehead atoms. The minimum absolute atomic E-state index is 0.0982. The number of nitrogens with zero attached hydrogens (tertiary/aromatic N) is 1. The molecule has 2 N–H and O–H groups in total. The number of thiazole rings is 1. The van der Waals surface area contributed by atoms with E-state index in [4.69, 9.17) is 17.3 Å². The van der Waals surface area contributed by atoms with Crippen molar-refractivity contribution in [3.8, 4) is 0 Å². The van der Waals surface area contributed by atoms with Crippen LogP contribution in [0, 0.1) is 13.8 Å². The van der Waals surface area contributed by atoms with Crippen molar-refractivity contribution in [3.63, 3.8) is 0 Å². The highest BCUT2D eigenvalue weighted by Gasteiger charge is 2.19. The predicted molar refractivity (Wildman–Crippen MR) is 73.9 cm³/mol. The van der Waals surface area contributed by atoms with Crippen molar-refractivity contribution < 1.29 is 0 Å². The zero-order chi connectivity index (χ0) is 12.4. The highest BCUT2D eigenvalue weighted by Crippen LogP contribution is 2.32. The summed E-state index contributed by atoms with van der Waals surface area (Å²) in [7, 11) is 0. The molecule has 90 valence electrons. The van der Waals surface area contributed by atoms with Gasteiger partial charge in [0.1, 0.15) is 5.01 Å². The van der Waals surface area contributed by atoms with E-state index < -0.39 is 0 Å². The maximum Gasteiger partial charge on any atom is 0.102 e. The molecule has 1 aromatic heterocycles. The van der Waals surface area contributed by atoms with E-state index in [2.05, 4.69) is 11.9 Å². The van der Waals surface area contributed by atoms with Crippen LogP contribution in [0.4, 0.5) is 0 Å². The molecule has 0 aliphatic heterocycles. The van der Waals surface area contributed by atoms with Gasteiger partial charge < -0.3 is 5.73 Å². The van der Waals surface area contributed by atoms with Crippen LogP contribution < -0.4 is 5.73 Å². The molecule has 17 heavy (non-hydrogen) atoms. The third kappa shape index (κ3) is 2.51. The quantitative estimate of drug-likeness (QED) is 0.923. The van der Waals surface area contributed by atoms with E-state index in [9.17, 15) is 0 Å². The Hall–Kier alpha value is -0.900.